The van der Waals surface area contributed by atoms with E-state index >= 15 is 0 Å². The molecule has 1 fully saturated rings. The normalized spacial score (nSPS) is 17.7. The van der Waals surface area contributed by atoms with Crippen molar-refractivity contribution in [3.05, 3.63) is 66.0 Å². The van der Waals surface area contributed by atoms with Gasteiger partial charge in [0.25, 0.3) is 0 Å². The second-order valence-electron chi connectivity index (χ2n) is 5.95. The van der Waals surface area contributed by atoms with E-state index in [4.69, 9.17) is 5.73 Å². The summed E-state index contributed by atoms with van der Waals surface area (Å²) in [6.07, 6.45) is 4.39. The Morgan fingerprint density at radius 2 is 1.86 bits per heavy atom. The number of pyridine rings is 1. The average molecular weight is 281 g/mol. The molecule has 3 heteroatoms. The maximum Gasteiger partial charge on any atom is 0.0676 e. The van der Waals surface area contributed by atoms with Gasteiger partial charge < -0.3 is 5.73 Å². The first-order valence-corrected chi connectivity index (χ1v) is 7.72. The van der Waals surface area contributed by atoms with Gasteiger partial charge in [-0.3, -0.25) is 9.88 Å². The molecule has 1 aromatic carbocycles. The Labute approximate surface area is 126 Å². The third kappa shape index (κ3) is 3.49. The van der Waals surface area contributed by atoms with Gasteiger partial charge in [-0.05, 0) is 37.5 Å². The van der Waals surface area contributed by atoms with Crippen LogP contribution in [0.3, 0.4) is 0 Å². The zero-order valence-electron chi connectivity index (χ0n) is 12.5. The fourth-order valence-corrected chi connectivity index (χ4v) is 2.95. The summed E-state index contributed by atoms with van der Waals surface area (Å²) >= 11 is 0. The quantitative estimate of drug-likeness (QED) is 0.884. The molecule has 3 rings (SSSR count). The van der Waals surface area contributed by atoms with Crippen molar-refractivity contribution in [2.75, 3.05) is 0 Å². The summed E-state index contributed by atoms with van der Waals surface area (Å²) in [5.74, 6) is 0. The van der Waals surface area contributed by atoms with Crippen molar-refractivity contribution in [1.82, 2.24) is 9.88 Å². The lowest BCUT2D eigenvalue weighted by Gasteiger charge is -2.34. The highest BCUT2D eigenvalue weighted by atomic mass is 15.2. The van der Waals surface area contributed by atoms with Crippen LogP contribution in [0.1, 0.15) is 37.1 Å². The summed E-state index contributed by atoms with van der Waals surface area (Å²) in [4.78, 5) is 7.08. The van der Waals surface area contributed by atoms with Crippen molar-refractivity contribution in [3.8, 4) is 0 Å². The van der Waals surface area contributed by atoms with Crippen LogP contribution in [0.2, 0.25) is 0 Å². The maximum absolute atomic E-state index is 6.31. The van der Waals surface area contributed by atoms with Gasteiger partial charge in [-0.2, -0.15) is 0 Å². The molecule has 0 aliphatic heterocycles. The fourth-order valence-electron chi connectivity index (χ4n) is 2.95. The molecular formula is C18H23N3. The largest absolute Gasteiger partial charge is 0.326 e. The molecular weight excluding hydrogens is 258 g/mol. The van der Waals surface area contributed by atoms with E-state index in [2.05, 4.69) is 53.2 Å². The Morgan fingerprint density at radius 1 is 1.14 bits per heavy atom. The molecule has 1 aromatic heterocycles. The van der Waals surface area contributed by atoms with Crippen LogP contribution in [-0.4, -0.2) is 22.0 Å². The van der Waals surface area contributed by atoms with Crippen LogP contribution in [0.25, 0.3) is 0 Å². The van der Waals surface area contributed by atoms with E-state index in [9.17, 15) is 0 Å². The van der Waals surface area contributed by atoms with Crippen LogP contribution in [0.4, 0.5) is 0 Å². The highest BCUT2D eigenvalue weighted by Crippen LogP contribution is 2.36. The van der Waals surface area contributed by atoms with Crippen molar-refractivity contribution >= 4 is 0 Å². The van der Waals surface area contributed by atoms with Crippen molar-refractivity contribution in [2.24, 2.45) is 5.73 Å². The van der Waals surface area contributed by atoms with E-state index in [0.717, 1.165) is 12.2 Å². The minimum absolute atomic E-state index is 0.0595. The van der Waals surface area contributed by atoms with Gasteiger partial charge in [-0.25, -0.2) is 0 Å². The summed E-state index contributed by atoms with van der Waals surface area (Å²) in [6.45, 7) is 3.02. The molecule has 0 saturated heterocycles. The van der Waals surface area contributed by atoms with Crippen LogP contribution < -0.4 is 5.73 Å². The topological polar surface area (TPSA) is 42.1 Å². The number of hydrogen-bond donors (Lipinski definition) is 1. The van der Waals surface area contributed by atoms with Crippen LogP contribution in [-0.2, 0) is 6.54 Å². The van der Waals surface area contributed by atoms with Crippen LogP contribution in [0.15, 0.2) is 54.7 Å². The zero-order chi connectivity index (χ0) is 14.7. The lowest BCUT2D eigenvalue weighted by molar-refractivity contribution is 0.154. The number of rotatable bonds is 6. The van der Waals surface area contributed by atoms with Crippen LogP contribution in [0, 0.1) is 0 Å². The molecule has 1 saturated carbocycles. The summed E-state index contributed by atoms with van der Waals surface area (Å²) in [7, 11) is 0. The molecule has 2 N–H and O–H groups in total. The first-order chi connectivity index (χ1) is 10.3. The van der Waals surface area contributed by atoms with E-state index < -0.39 is 0 Å². The molecule has 21 heavy (non-hydrogen) atoms. The number of nitrogens with zero attached hydrogens (tertiary/aromatic N) is 2. The summed E-state index contributed by atoms with van der Waals surface area (Å²) in [5.41, 5.74) is 8.73. The van der Waals surface area contributed by atoms with Crippen LogP contribution >= 0.6 is 0 Å². The fraction of sp³-hybridized carbons (Fsp3) is 0.389. The van der Waals surface area contributed by atoms with Crippen molar-refractivity contribution < 1.29 is 0 Å². The van der Waals surface area contributed by atoms with E-state index in [0.29, 0.717) is 6.04 Å². The highest BCUT2D eigenvalue weighted by molar-refractivity contribution is 5.18. The van der Waals surface area contributed by atoms with Gasteiger partial charge in [0.1, 0.15) is 0 Å². The molecule has 2 unspecified atom stereocenters. The lowest BCUT2D eigenvalue weighted by Crippen LogP contribution is -2.41. The minimum atomic E-state index is 0.0595. The Bertz CT molecular complexity index is 549. The molecule has 2 aromatic rings. The Morgan fingerprint density at radius 3 is 2.43 bits per heavy atom. The van der Waals surface area contributed by atoms with Crippen LogP contribution in [0.5, 0.6) is 0 Å². The number of hydrogen-bond acceptors (Lipinski definition) is 3. The average Bonchev–Trinajstić information content (AvgIpc) is 3.33. The summed E-state index contributed by atoms with van der Waals surface area (Å²) in [5, 5.41) is 0. The standard InChI is InChI=1S/C18H23N3/c1-14(19)18(17-9-5-6-12-20-17)21(16-10-11-16)13-15-7-3-2-4-8-15/h2-9,12,14,16,18H,10-11,13,19H2,1H3. The predicted octanol–water partition coefficient (Wildman–Crippen LogP) is 3.13. The van der Waals surface area contributed by atoms with Crippen molar-refractivity contribution in [2.45, 2.75) is 44.4 Å². The number of aromatic nitrogens is 1. The zero-order valence-corrected chi connectivity index (χ0v) is 12.5. The molecule has 110 valence electrons. The monoisotopic (exact) mass is 281 g/mol. The molecule has 1 aliphatic carbocycles. The molecule has 2 atom stereocenters. The van der Waals surface area contributed by atoms with E-state index in [1.165, 1.54) is 18.4 Å². The Balaban J connectivity index is 1.87. The first-order valence-electron chi connectivity index (χ1n) is 7.72. The SMILES string of the molecule is CC(N)C(c1ccccn1)N(Cc1ccccc1)C1CC1. The van der Waals surface area contributed by atoms with Gasteiger partial charge in [0.05, 0.1) is 11.7 Å². The lowest BCUT2D eigenvalue weighted by atomic mass is 10.0. The molecule has 1 aliphatic rings. The first kappa shape index (κ1) is 14.2. The van der Waals surface area contributed by atoms with Gasteiger partial charge in [0, 0.05) is 24.8 Å². The molecule has 0 radical (unpaired) electrons. The van der Waals surface area contributed by atoms with E-state index in [-0.39, 0.29) is 12.1 Å². The maximum atomic E-state index is 6.31. The smallest absolute Gasteiger partial charge is 0.0676 e. The summed E-state index contributed by atoms with van der Waals surface area (Å²) < 4.78 is 0. The third-order valence-corrected chi connectivity index (χ3v) is 4.07. The molecule has 0 bridgehead atoms. The third-order valence-electron chi connectivity index (χ3n) is 4.07. The second kappa shape index (κ2) is 6.37. The van der Waals surface area contributed by atoms with Crippen molar-refractivity contribution in [1.29, 1.82) is 0 Å². The Kier molecular flexibility index (Phi) is 4.32. The van der Waals surface area contributed by atoms with Gasteiger partial charge in [0.2, 0.25) is 0 Å². The molecule has 0 spiro atoms. The van der Waals surface area contributed by atoms with Gasteiger partial charge in [0.15, 0.2) is 0 Å². The Hall–Kier alpha value is -1.71. The van der Waals surface area contributed by atoms with Gasteiger partial charge in [-0.1, -0.05) is 36.4 Å². The second-order valence-corrected chi connectivity index (χ2v) is 5.95. The van der Waals surface area contributed by atoms with E-state index in [1.807, 2.05) is 18.3 Å². The van der Waals surface area contributed by atoms with E-state index in [1.54, 1.807) is 0 Å². The van der Waals surface area contributed by atoms with Gasteiger partial charge in [-0.15, -0.1) is 0 Å². The molecule has 1 heterocycles. The minimum Gasteiger partial charge on any atom is -0.326 e. The molecule has 3 nitrogen and oxygen atoms in total. The summed E-state index contributed by atoms with van der Waals surface area (Å²) in [6, 6.07) is 17.6. The number of benzene rings is 1. The molecule has 0 amide bonds. The van der Waals surface area contributed by atoms with Gasteiger partial charge >= 0.3 is 0 Å². The van der Waals surface area contributed by atoms with Crippen molar-refractivity contribution in [3.63, 3.8) is 0 Å². The highest BCUT2D eigenvalue weighted by Gasteiger charge is 2.36. The predicted molar refractivity (Wildman–Crippen MR) is 85.6 cm³/mol. The number of nitrogens with two attached hydrogens (primary N) is 1.